The van der Waals surface area contributed by atoms with Crippen molar-refractivity contribution in [3.8, 4) is 0 Å². The van der Waals surface area contributed by atoms with Crippen LogP contribution < -0.4 is 5.32 Å². The third-order valence-electron chi connectivity index (χ3n) is 4.76. The highest BCUT2D eigenvalue weighted by atomic mass is 16.2. The molecule has 1 atom stereocenters. The van der Waals surface area contributed by atoms with Crippen molar-refractivity contribution in [1.82, 2.24) is 10.2 Å². The lowest BCUT2D eigenvalue weighted by atomic mass is 9.86. The number of rotatable bonds is 4. The Kier molecular flexibility index (Phi) is 5.04. The second kappa shape index (κ2) is 6.55. The van der Waals surface area contributed by atoms with Gasteiger partial charge in [-0.15, -0.1) is 0 Å². The van der Waals surface area contributed by atoms with E-state index in [9.17, 15) is 4.79 Å². The molecule has 2 heterocycles. The summed E-state index contributed by atoms with van der Waals surface area (Å²) in [6.45, 7) is 8.83. The van der Waals surface area contributed by atoms with Crippen LogP contribution in [0.5, 0.6) is 0 Å². The molecule has 1 unspecified atom stereocenters. The SMILES string of the molecule is CC(C)C1CCN(C(=O)CCC2CCNC2)CC1. The third kappa shape index (κ3) is 3.71. The van der Waals surface area contributed by atoms with Gasteiger partial charge in [-0.1, -0.05) is 13.8 Å². The molecule has 2 saturated heterocycles. The van der Waals surface area contributed by atoms with Crippen molar-refractivity contribution in [2.24, 2.45) is 17.8 Å². The van der Waals surface area contributed by atoms with Gasteiger partial charge in [-0.25, -0.2) is 0 Å². The zero-order valence-electron chi connectivity index (χ0n) is 12.0. The fraction of sp³-hybridized carbons (Fsp3) is 0.933. The van der Waals surface area contributed by atoms with Crippen LogP contribution in [0.3, 0.4) is 0 Å². The molecule has 0 spiro atoms. The number of hydrogen-bond donors (Lipinski definition) is 1. The number of likely N-dealkylation sites (tertiary alicyclic amines) is 1. The average Bonchev–Trinajstić information content (AvgIpc) is 2.89. The van der Waals surface area contributed by atoms with Gasteiger partial charge in [-0.2, -0.15) is 0 Å². The molecule has 1 amide bonds. The summed E-state index contributed by atoms with van der Waals surface area (Å²) in [7, 11) is 0. The topological polar surface area (TPSA) is 32.3 Å². The summed E-state index contributed by atoms with van der Waals surface area (Å²) < 4.78 is 0. The number of nitrogens with one attached hydrogen (secondary N) is 1. The molecule has 2 aliphatic heterocycles. The van der Waals surface area contributed by atoms with Gasteiger partial charge in [0.25, 0.3) is 0 Å². The van der Waals surface area contributed by atoms with Crippen LogP contribution in [0.2, 0.25) is 0 Å². The van der Waals surface area contributed by atoms with Crippen LogP contribution in [0.15, 0.2) is 0 Å². The highest BCUT2D eigenvalue weighted by molar-refractivity contribution is 5.76. The molecular weight excluding hydrogens is 224 g/mol. The number of piperidine rings is 1. The van der Waals surface area contributed by atoms with Crippen LogP contribution in [0.25, 0.3) is 0 Å². The first-order valence-corrected chi connectivity index (χ1v) is 7.65. The summed E-state index contributed by atoms with van der Waals surface area (Å²) in [6, 6.07) is 0. The molecule has 2 fully saturated rings. The molecule has 0 radical (unpaired) electrons. The van der Waals surface area contributed by atoms with E-state index in [-0.39, 0.29) is 0 Å². The number of hydrogen-bond acceptors (Lipinski definition) is 2. The molecule has 0 saturated carbocycles. The average molecular weight is 252 g/mol. The Morgan fingerprint density at radius 1 is 1.28 bits per heavy atom. The van der Waals surface area contributed by atoms with Crippen molar-refractivity contribution >= 4 is 5.91 Å². The maximum Gasteiger partial charge on any atom is 0.222 e. The van der Waals surface area contributed by atoms with Gasteiger partial charge in [-0.05, 0) is 56.5 Å². The number of carbonyl (C=O) groups excluding carboxylic acids is 1. The van der Waals surface area contributed by atoms with Gasteiger partial charge in [0, 0.05) is 19.5 Å². The molecule has 0 aliphatic carbocycles. The van der Waals surface area contributed by atoms with Crippen molar-refractivity contribution in [2.45, 2.75) is 46.0 Å². The first-order valence-electron chi connectivity index (χ1n) is 7.65. The van der Waals surface area contributed by atoms with Gasteiger partial charge in [0.15, 0.2) is 0 Å². The molecule has 0 aromatic rings. The van der Waals surface area contributed by atoms with Gasteiger partial charge in [0.2, 0.25) is 5.91 Å². The van der Waals surface area contributed by atoms with Crippen molar-refractivity contribution in [3.63, 3.8) is 0 Å². The molecule has 2 rings (SSSR count). The van der Waals surface area contributed by atoms with E-state index in [1.165, 1.54) is 19.3 Å². The number of nitrogens with zero attached hydrogens (tertiary/aromatic N) is 1. The first-order chi connectivity index (χ1) is 8.66. The molecule has 104 valence electrons. The molecule has 3 heteroatoms. The fourth-order valence-corrected chi connectivity index (χ4v) is 3.26. The van der Waals surface area contributed by atoms with Crippen LogP contribution in [-0.4, -0.2) is 37.0 Å². The van der Waals surface area contributed by atoms with Gasteiger partial charge >= 0.3 is 0 Å². The lowest BCUT2D eigenvalue weighted by molar-refractivity contribution is -0.133. The van der Waals surface area contributed by atoms with E-state index in [1.54, 1.807) is 0 Å². The zero-order chi connectivity index (χ0) is 13.0. The molecule has 0 bridgehead atoms. The monoisotopic (exact) mass is 252 g/mol. The second-order valence-corrected chi connectivity index (χ2v) is 6.36. The minimum atomic E-state index is 0.393. The fourth-order valence-electron chi connectivity index (χ4n) is 3.26. The number of carbonyl (C=O) groups is 1. The Bertz CT molecular complexity index is 264. The van der Waals surface area contributed by atoms with Crippen molar-refractivity contribution < 1.29 is 4.79 Å². The summed E-state index contributed by atoms with van der Waals surface area (Å²) in [5.74, 6) is 2.73. The third-order valence-corrected chi connectivity index (χ3v) is 4.76. The van der Waals surface area contributed by atoms with Crippen LogP contribution >= 0.6 is 0 Å². The standard InChI is InChI=1S/C15H28N2O/c1-12(2)14-6-9-17(10-7-14)15(18)4-3-13-5-8-16-11-13/h12-14,16H,3-11H2,1-2H3. The smallest absolute Gasteiger partial charge is 0.222 e. The van der Waals surface area contributed by atoms with E-state index in [4.69, 9.17) is 0 Å². The Labute approximate surface area is 111 Å². The van der Waals surface area contributed by atoms with E-state index < -0.39 is 0 Å². The van der Waals surface area contributed by atoms with Gasteiger partial charge in [0.05, 0.1) is 0 Å². The molecular formula is C15H28N2O. The Hall–Kier alpha value is -0.570. The van der Waals surface area contributed by atoms with Crippen LogP contribution in [0.1, 0.15) is 46.0 Å². The van der Waals surface area contributed by atoms with E-state index >= 15 is 0 Å². The highest BCUT2D eigenvalue weighted by Crippen LogP contribution is 2.25. The zero-order valence-corrected chi connectivity index (χ0v) is 12.0. The molecule has 0 aromatic carbocycles. The highest BCUT2D eigenvalue weighted by Gasteiger charge is 2.25. The van der Waals surface area contributed by atoms with Crippen molar-refractivity contribution in [3.05, 3.63) is 0 Å². The quantitative estimate of drug-likeness (QED) is 0.832. The summed E-state index contributed by atoms with van der Waals surface area (Å²) in [4.78, 5) is 14.2. The van der Waals surface area contributed by atoms with Gasteiger partial charge in [0.1, 0.15) is 0 Å². The molecule has 3 nitrogen and oxygen atoms in total. The van der Waals surface area contributed by atoms with Crippen molar-refractivity contribution in [2.75, 3.05) is 26.2 Å². The first kappa shape index (κ1) is 13.9. The normalized spacial score (nSPS) is 25.9. The lowest BCUT2D eigenvalue weighted by Gasteiger charge is -2.34. The predicted octanol–water partition coefficient (Wildman–Crippen LogP) is 2.27. The summed E-state index contributed by atoms with van der Waals surface area (Å²) in [5.41, 5.74) is 0. The lowest BCUT2D eigenvalue weighted by Crippen LogP contribution is -2.39. The van der Waals surface area contributed by atoms with E-state index in [0.717, 1.165) is 56.8 Å². The second-order valence-electron chi connectivity index (χ2n) is 6.36. The Balaban J connectivity index is 1.67. The molecule has 0 aromatic heterocycles. The molecule has 1 N–H and O–H groups in total. The van der Waals surface area contributed by atoms with E-state index in [2.05, 4.69) is 24.1 Å². The summed E-state index contributed by atoms with van der Waals surface area (Å²) >= 11 is 0. The van der Waals surface area contributed by atoms with E-state index in [0.29, 0.717) is 5.91 Å². The van der Waals surface area contributed by atoms with Crippen LogP contribution in [-0.2, 0) is 4.79 Å². The predicted molar refractivity (Wildman–Crippen MR) is 74.4 cm³/mol. The van der Waals surface area contributed by atoms with E-state index in [1.807, 2.05) is 0 Å². The largest absolute Gasteiger partial charge is 0.343 e. The maximum atomic E-state index is 12.1. The number of amides is 1. The minimum Gasteiger partial charge on any atom is -0.343 e. The molecule has 2 aliphatic rings. The molecule has 18 heavy (non-hydrogen) atoms. The van der Waals surface area contributed by atoms with Crippen molar-refractivity contribution in [1.29, 1.82) is 0 Å². The minimum absolute atomic E-state index is 0.393. The van der Waals surface area contributed by atoms with Gasteiger partial charge < -0.3 is 10.2 Å². The van der Waals surface area contributed by atoms with Crippen LogP contribution in [0, 0.1) is 17.8 Å². The Morgan fingerprint density at radius 2 is 2.00 bits per heavy atom. The summed E-state index contributed by atoms with van der Waals surface area (Å²) in [6.07, 6.45) is 5.50. The Morgan fingerprint density at radius 3 is 2.56 bits per heavy atom. The van der Waals surface area contributed by atoms with Crippen LogP contribution in [0.4, 0.5) is 0 Å². The van der Waals surface area contributed by atoms with Gasteiger partial charge in [-0.3, -0.25) is 4.79 Å². The maximum absolute atomic E-state index is 12.1. The summed E-state index contributed by atoms with van der Waals surface area (Å²) in [5, 5.41) is 3.37.